The maximum atomic E-state index is 12.8. The summed E-state index contributed by atoms with van der Waals surface area (Å²) in [6.07, 6.45) is 3.43. The van der Waals surface area contributed by atoms with E-state index < -0.39 is 5.25 Å². The Morgan fingerprint density at radius 1 is 1.06 bits per heavy atom. The summed E-state index contributed by atoms with van der Waals surface area (Å²) in [6, 6.07) is 18.8. The number of rotatable bonds is 7. The van der Waals surface area contributed by atoms with E-state index in [4.69, 9.17) is 23.2 Å². The number of pyridine rings is 1. The Hall–Kier alpha value is -2.87. The SMILES string of the molecule is C[C@H](Sc1nnc(-c2ccncc2)n1Cc1ccccc1)C(=O)Nc1cc(Cl)ccc1Cl. The summed E-state index contributed by atoms with van der Waals surface area (Å²) in [5.41, 5.74) is 2.48. The van der Waals surface area contributed by atoms with Gasteiger partial charge in [0, 0.05) is 23.0 Å². The van der Waals surface area contributed by atoms with Crippen molar-refractivity contribution in [2.24, 2.45) is 0 Å². The minimum atomic E-state index is -0.450. The van der Waals surface area contributed by atoms with Gasteiger partial charge in [-0.05, 0) is 42.8 Å². The van der Waals surface area contributed by atoms with Crippen LogP contribution < -0.4 is 5.32 Å². The van der Waals surface area contributed by atoms with E-state index in [9.17, 15) is 4.79 Å². The molecule has 4 rings (SSSR count). The van der Waals surface area contributed by atoms with Crippen molar-refractivity contribution in [1.29, 1.82) is 0 Å². The Labute approximate surface area is 200 Å². The van der Waals surface area contributed by atoms with E-state index in [0.29, 0.717) is 33.3 Å². The molecule has 9 heteroatoms. The lowest BCUT2D eigenvalue weighted by Gasteiger charge is -2.15. The molecule has 0 radical (unpaired) electrons. The van der Waals surface area contributed by atoms with Crippen molar-refractivity contribution >= 4 is 46.6 Å². The largest absolute Gasteiger partial charge is 0.324 e. The minimum absolute atomic E-state index is 0.209. The second-order valence-corrected chi connectivity index (χ2v) is 9.14. The third-order valence-electron chi connectivity index (χ3n) is 4.68. The molecule has 0 unspecified atom stereocenters. The van der Waals surface area contributed by atoms with Crippen molar-refractivity contribution in [2.75, 3.05) is 5.32 Å². The molecule has 162 valence electrons. The molecule has 1 N–H and O–H groups in total. The van der Waals surface area contributed by atoms with E-state index in [1.165, 1.54) is 11.8 Å². The second-order valence-electron chi connectivity index (χ2n) is 6.99. The molecule has 2 heterocycles. The maximum Gasteiger partial charge on any atom is 0.237 e. The van der Waals surface area contributed by atoms with Crippen LogP contribution >= 0.6 is 35.0 Å². The molecule has 0 fully saturated rings. The lowest BCUT2D eigenvalue weighted by atomic mass is 10.2. The third-order valence-corrected chi connectivity index (χ3v) is 6.32. The number of hydrogen-bond donors (Lipinski definition) is 1. The smallest absolute Gasteiger partial charge is 0.237 e. The van der Waals surface area contributed by atoms with Crippen LogP contribution in [0.2, 0.25) is 10.0 Å². The molecule has 0 saturated carbocycles. The van der Waals surface area contributed by atoms with Gasteiger partial charge in [0.1, 0.15) is 0 Å². The Balaban J connectivity index is 1.59. The lowest BCUT2D eigenvalue weighted by molar-refractivity contribution is -0.115. The zero-order valence-electron chi connectivity index (χ0n) is 17.1. The first-order valence-electron chi connectivity index (χ1n) is 9.81. The first kappa shape index (κ1) is 22.3. The van der Waals surface area contributed by atoms with Gasteiger partial charge in [-0.3, -0.25) is 14.3 Å². The molecule has 0 bridgehead atoms. The quantitative estimate of drug-likeness (QED) is 0.335. The fourth-order valence-electron chi connectivity index (χ4n) is 3.04. The van der Waals surface area contributed by atoms with E-state index in [-0.39, 0.29) is 5.91 Å². The molecule has 1 amide bonds. The number of benzene rings is 2. The van der Waals surface area contributed by atoms with Crippen LogP contribution in [0, 0.1) is 0 Å². The van der Waals surface area contributed by atoms with Crippen molar-refractivity contribution in [1.82, 2.24) is 19.7 Å². The van der Waals surface area contributed by atoms with Gasteiger partial charge in [0.15, 0.2) is 11.0 Å². The molecule has 0 aliphatic carbocycles. The van der Waals surface area contributed by atoms with Gasteiger partial charge in [-0.25, -0.2) is 0 Å². The van der Waals surface area contributed by atoms with Crippen LogP contribution in [0.4, 0.5) is 5.69 Å². The van der Waals surface area contributed by atoms with Crippen molar-refractivity contribution in [3.63, 3.8) is 0 Å². The van der Waals surface area contributed by atoms with E-state index in [2.05, 4.69) is 20.5 Å². The molecule has 2 aromatic heterocycles. The zero-order valence-corrected chi connectivity index (χ0v) is 19.4. The first-order chi connectivity index (χ1) is 15.5. The van der Waals surface area contributed by atoms with Crippen LogP contribution in [-0.4, -0.2) is 30.9 Å². The van der Waals surface area contributed by atoms with Gasteiger partial charge >= 0.3 is 0 Å². The van der Waals surface area contributed by atoms with Crippen LogP contribution in [0.5, 0.6) is 0 Å². The molecule has 32 heavy (non-hydrogen) atoms. The van der Waals surface area contributed by atoms with E-state index in [1.807, 2.05) is 54.0 Å². The van der Waals surface area contributed by atoms with Crippen molar-refractivity contribution in [2.45, 2.75) is 23.9 Å². The fourth-order valence-corrected chi connectivity index (χ4v) is 4.22. The summed E-state index contributed by atoms with van der Waals surface area (Å²) in [4.78, 5) is 16.9. The van der Waals surface area contributed by atoms with Gasteiger partial charge in [0.2, 0.25) is 5.91 Å². The topological polar surface area (TPSA) is 72.7 Å². The van der Waals surface area contributed by atoms with E-state index >= 15 is 0 Å². The minimum Gasteiger partial charge on any atom is -0.324 e. The number of anilines is 1. The average Bonchev–Trinajstić information content (AvgIpc) is 3.19. The van der Waals surface area contributed by atoms with Crippen LogP contribution in [0.1, 0.15) is 12.5 Å². The van der Waals surface area contributed by atoms with Crippen LogP contribution in [0.3, 0.4) is 0 Å². The predicted molar refractivity (Wildman–Crippen MR) is 129 cm³/mol. The highest BCUT2D eigenvalue weighted by molar-refractivity contribution is 8.00. The Morgan fingerprint density at radius 3 is 2.56 bits per heavy atom. The lowest BCUT2D eigenvalue weighted by Crippen LogP contribution is -2.23. The molecule has 0 saturated heterocycles. The summed E-state index contributed by atoms with van der Waals surface area (Å²) in [7, 11) is 0. The summed E-state index contributed by atoms with van der Waals surface area (Å²) in [6.45, 7) is 2.38. The number of hydrogen-bond acceptors (Lipinski definition) is 5. The average molecular weight is 484 g/mol. The molecular weight excluding hydrogens is 465 g/mol. The van der Waals surface area contributed by atoms with E-state index in [1.54, 1.807) is 30.6 Å². The van der Waals surface area contributed by atoms with Gasteiger partial charge in [0.25, 0.3) is 0 Å². The maximum absolute atomic E-state index is 12.8. The van der Waals surface area contributed by atoms with Gasteiger partial charge < -0.3 is 5.32 Å². The van der Waals surface area contributed by atoms with Crippen LogP contribution in [0.25, 0.3) is 11.4 Å². The highest BCUT2D eigenvalue weighted by atomic mass is 35.5. The normalized spacial score (nSPS) is 11.8. The Bertz CT molecular complexity index is 1220. The molecule has 2 aromatic carbocycles. The number of carbonyl (C=O) groups excluding carboxylic acids is 1. The van der Waals surface area contributed by atoms with Gasteiger partial charge in [-0.15, -0.1) is 10.2 Å². The highest BCUT2D eigenvalue weighted by Crippen LogP contribution is 2.30. The first-order valence-corrected chi connectivity index (χ1v) is 11.4. The van der Waals surface area contributed by atoms with Gasteiger partial charge in [-0.1, -0.05) is 65.3 Å². The Kier molecular flexibility index (Phi) is 7.09. The molecule has 0 spiro atoms. The number of nitrogens with one attached hydrogen (secondary N) is 1. The molecular formula is C23H19Cl2N5OS. The Morgan fingerprint density at radius 2 is 1.81 bits per heavy atom. The fraction of sp³-hybridized carbons (Fsp3) is 0.130. The number of amides is 1. The van der Waals surface area contributed by atoms with E-state index in [0.717, 1.165) is 11.1 Å². The molecule has 0 aliphatic heterocycles. The van der Waals surface area contributed by atoms with Crippen molar-refractivity contribution < 1.29 is 4.79 Å². The van der Waals surface area contributed by atoms with Crippen LogP contribution in [0.15, 0.2) is 78.2 Å². The highest BCUT2D eigenvalue weighted by Gasteiger charge is 2.22. The van der Waals surface area contributed by atoms with Gasteiger partial charge in [-0.2, -0.15) is 0 Å². The standard InChI is InChI=1S/C23H19Cl2N5OS/c1-15(22(31)27-20-13-18(24)7-8-19(20)25)32-23-29-28-21(17-9-11-26-12-10-17)30(23)14-16-5-3-2-4-6-16/h2-13,15H,14H2,1H3,(H,27,31)/t15-/m0/s1. The molecule has 0 aliphatic rings. The summed E-state index contributed by atoms with van der Waals surface area (Å²) >= 11 is 13.5. The monoisotopic (exact) mass is 483 g/mol. The molecule has 1 atom stereocenters. The molecule has 6 nitrogen and oxygen atoms in total. The van der Waals surface area contributed by atoms with Crippen molar-refractivity contribution in [3.8, 4) is 11.4 Å². The van der Waals surface area contributed by atoms with Crippen LogP contribution in [-0.2, 0) is 11.3 Å². The number of aromatic nitrogens is 4. The van der Waals surface area contributed by atoms with Crippen molar-refractivity contribution in [3.05, 3.63) is 88.7 Å². The zero-order chi connectivity index (χ0) is 22.5. The second kappa shape index (κ2) is 10.2. The number of thioether (sulfide) groups is 1. The number of nitrogens with zero attached hydrogens (tertiary/aromatic N) is 4. The van der Waals surface area contributed by atoms with Gasteiger partial charge in [0.05, 0.1) is 22.5 Å². The number of carbonyl (C=O) groups is 1. The summed E-state index contributed by atoms with van der Waals surface area (Å²) in [5.74, 6) is 0.503. The summed E-state index contributed by atoms with van der Waals surface area (Å²) in [5, 5.41) is 12.7. The predicted octanol–water partition coefficient (Wildman–Crippen LogP) is 5.81. The third kappa shape index (κ3) is 5.30. The number of halogens is 2. The summed E-state index contributed by atoms with van der Waals surface area (Å²) < 4.78 is 2.01. The molecule has 4 aromatic rings.